The highest BCUT2D eigenvalue weighted by Crippen LogP contribution is 2.49. The van der Waals surface area contributed by atoms with Crippen LogP contribution >= 0.6 is 0 Å². The van der Waals surface area contributed by atoms with E-state index in [1.165, 1.54) is 44.9 Å². The Kier molecular flexibility index (Phi) is 4.24. The average molecular weight is 184 g/mol. The third kappa shape index (κ3) is 2.25. The summed E-state index contributed by atoms with van der Waals surface area (Å²) in [5, 5.41) is 9.46. The van der Waals surface area contributed by atoms with Crippen molar-refractivity contribution in [2.75, 3.05) is 6.61 Å². The fraction of sp³-hybridized carbons (Fsp3) is 1.00. The van der Waals surface area contributed by atoms with Gasteiger partial charge in [0, 0.05) is 6.61 Å². The molecule has 0 atom stereocenters. The highest BCUT2D eigenvalue weighted by atomic mass is 16.3. The second-order valence-corrected chi connectivity index (χ2v) is 4.65. The van der Waals surface area contributed by atoms with E-state index in [1.54, 1.807) is 0 Å². The summed E-state index contributed by atoms with van der Waals surface area (Å²) < 4.78 is 0. The van der Waals surface area contributed by atoms with Gasteiger partial charge in [-0.25, -0.2) is 0 Å². The van der Waals surface area contributed by atoms with E-state index in [0.29, 0.717) is 12.0 Å². The van der Waals surface area contributed by atoms with Crippen molar-refractivity contribution in [1.29, 1.82) is 0 Å². The van der Waals surface area contributed by atoms with Gasteiger partial charge < -0.3 is 5.11 Å². The van der Waals surface area contributed by atoms with Gasteiger partial charge in [-0.3, -0.25) is 0 Å². The van der Waals surface area contributed by atoms with Crippen LogP contribution in [0.5, 0.6) is 0 Å². The number of hydrogen-bond donors (Lipinski definition) is 1. The third-order valence-electron chi connectivity index (χ3n) is 3.80. The van der Waals surface area contributed by atoms with Crippen LogP contribution in [-0.2, 0) is 0 Å². The van der Waals surface area contributed by atoms with Gasteiger partial charge in [-0.15, -0.1) is 0 Å². The van der Waals surface area contributed by atoms with Gasteiger partial charge in [-0.05, 0) is 24.2 Å². The Morgan fingerprint density at radius 1 is 1.15 bits per heavy atom. The van der Waals surface area contributed by atoms with Crippen LogP contribution < -0.4 is 0 Å². The van der Waals surface area contributed by atoms with Crippen molar-refractivity contribution >= 4 is 0 Å². The Morgan fingerprint density at radius 3 is 1.92 bits per heavy atom. The molecule has 1 aliphatic carbocycles. The molecule has 0 unspecified atom stereocenters. The molecule has 1 rings (SSSR count). The monoisotopic (exact) mass is 184 g/mol. The van der Waals surface area contributed by atoms with Crippen molar-refractivity contribution < 1.29 is 5.11 Å². The summed E-state index contributed by atoms with van der Waals surface area (Å²) >= 11 is 0. The van der Waals surface area contributed by atoms with Crippen molar-refractivity contribution in [2.45, 2.75) is 58.8 Å². The molecular formula is C12H24O. The van der Waals surface area contributed by atoms with Crippen LogP contribution in [0.1, 0.15) is 58.8 Å². The molecule has 0 saturated heterocycles. The van der Waals surface area contributed by atoms with Crippen LogP contribution in [0.2, 0.25) is 0 Å². The minimum absolute atomic E-state index is 0.339. The molecule has 0 aromatic heterocycles. The van der Waals surface area contributed by atoms with Crippen molar-refractivity contribution in [3.05, 3.63) is 0 Å². The first-order chi connectivity index (χ1) is 6.29. The van der Waals surface area contributed by atoms with Gasteiger partial charge in [0.1, 0.15) is 0 Å². The van der Waals surface area contributed by atoms with E-state index in [9.17, 15) is 5.11 Å². The Labute approximate surface area is 82.5 Å². The van der Waals surface area contributed by atoms with E-state index >= 15 is 0 Å². The largest absolute Gasteiger partial charge is 0.396 e. The lowest BCUT2D eigenvalue weighted by Crippen LogP contribution is -2.40. The molecule has 0 spiro atoms. The molecule has 0 heterocycles. The van der Waals surface area contributed by atoms with Crippen LogP contribution in [0.25, 0.3) is 0 Å². The molecule has 0 aromatic rings. The number of rotatable bonds is 6. The summed E-state index contributed by atoms with van der Waals surface area (Å²) in [5.41, 5.74) is 0.339. The molecule has 0 radical (unpaired) electrons. The van der Waals surface area contributed by atoms with Crippen LogP contribution in [0, 0.1) is 11.3 Å². The van der Waals surface area contributed by atoms with E-state index in [-0.39, 0.29) is 0 Å². The van der Waals surface area contributed by atoms with Crippen LogP contribution in [0.4, 0.5) is 0 Å². The molecule has 0 aliphatic heterocycles. The molecule has 1 fully saturated rings. The summed E-state index contributed by atoms with van der Waals surface area (Å²) in [7, 11) is 0. The molecule has 1 saturated carbocycles. The average Bonchev–Trinajstić information content (AvgIpc) is 2.04. The minimum Gasteiger partial charge on any atom is -0.396 e. The first-order valence-corrected chi connectivity index (χ1v) is 5.90. The van der Waals surface area contributed by atoms with E-state index in [2.05, 4.69) is 13.8 Å². The van der Waals surface area contributed by atoms with Crippen LogP contribution in [0.3, 0.4) is 0 Å². The smallest absolute Gasteiger partial charge is 0.0490 e. The van der Waals surface area contributed by atoms with Gasteiger partial charge in [-0.2, -0.15) is 0 Å². The normalized spacial score (nSPS) is 20.3. The molecule has 0 aromatic carbocycles. The quantitative estimate of drug-likeness (QED) is 0.671. The number of aliphatic hydroxyl groups is 1. The standard InChI is InChI=1S/C12H24O/c1-3-6-11(7-4-2)12(10-13)8-5-9-12/h11,13H,3-10H2,1-2H3. The first kappa shape index (κ1) is 11.0. The predicted octanol–water partition coefficient (Wildman–Crippen LogP) is 3.37. The van der Waals surface area contributed by atoms with Crippen molar-refractivity contribution in [3.8, 4) is 0 Å². The van der Waals surface area contributed by atoms with Crippen LogP contribution in [0.15, 0.2) is 0 Å². The molecule has 0 bridgehead atoms. The molecule has 78 valence electrons. The first-order valence-electron chi connectivity index (χ1n) is 5.90. The summed E-state index contributed by atoms with van der Waals surface area (Å²) in [6, 6.07) is 0. The molecule has 1 heteroatoms. The zero-order valence-corrected chi connectivity index (χ0v) is 9.18. The zero-order chi connectivity index (χ0) is 9.73. The summed E-state index contributed by atoms with van der Waals surface area (Å²) in [6.07, 6.45) is 9.05. The predicted molar refractivity (Wildman–Crippen MR) is 56.7 cm³/mol. The summed E-state index contributed by atoms with van der Waals surface area (Å²) in [5.74, 6) is 0.793. The van der Waals surface area contributed by atoms with Crippen molar-refractivity contribution in [3.63, 3.8) is 0 Å². The Morgan fingerprint density at radius 2 is 1.69 bits per heavy atom. The lowest BCUT2D eigenvalue weighted by molar-refractivity contribution is -0.0212. The maximum Gasteiger partial charge on any atom is 0.0490 e. The molecule has 13 heavy (non-hydrogen) atoms. The molecular weight excluding hydrogens is 160 g/mol. The maximum absolute atomic E-state index is 9.46. The Bertz CT molecular complexity index is 127. The lowest BCUT2D eigenvalue weighted by atomic mass is 9.59. The highest BCUT2D eigenvalue weighted by molar-refractivity contribution is 4.92. The zero-order valence-electron chi connectivity index (χ0n) is 9.18. The van der Waals surface area contributed by atoms with Crippen molar-refractivity contribution in [1.82, 2.24) is 0 Å². The minimum atomic E-state index is 0.339. The van der Waals surface area contributed by atoms with Gasteiger partial charge in [-0.1, -0.05) is 46.0 Å². The topological polar surface area (TPSA) is 20.2 Å². The molecule has 1 N–H and O–H groups in total. The summed E-state index contributed by atoms with van der Waals surface area (Å²) in [4.78, 5) is 0. The summed E-state index contributed by atoms with van der Waals surface area (Å²) in [6.45, 7) is 4.94. The van der Waals surface area contributed by atoms with Gasteiger partial charge in [0.15, 0.2) is 0 Å². The second kappa shape index (κ2) is 4.99. The van der Waals surface area contributed by atoms with E-state index < -0.39 is 0 Å². The molecule has 1 nitrogen and oxygen atoms in total. The second-order valence-electron chi connectivity index (χ2n) is 4.65. The molecule has 0 amide bonds. The SMILES string of the molecule is CCCC(CCC)C1(CO)CCC1. The van der Waals surface area contributed by atoms with Crippen molar-refractivity contribution in [2.24, 2.45) is 11.3 Å². The fourth-order valence-corrected chi connectivity index (χ4v) is 2.78. The van der Waals surface area contributed by atoms with Gasteiger partial charge in [0.2, 0.25) is 0 Å². The third-order valence-corrected chi connectivity index (χ3v) is 3.80. The van der Waals surface area contributed by atoms with E-state index in [0.717, 1.165) is 5.92 Å². The maximum atomic E-state index is 9.46. The fourth-order valence-electron chi connectivity index (χ4n) is 2.78. The number of aliphatic hydroxyl groups excluding tert-OH is 1. The van der Waals surface area contributed by atoms with Crippen LogP contribution in [-0.4, -0.2) is 11.7 Å². The van der Waals surface area contributed by atoms with Gasteiger partial charge >= 0.3 is 0 Å². The van der Waals surface area contributed by atoms with Gasteiger partial charge in [0.05, 0.1) is 0 Å². The van der Waals surface area contributed by atoms with E-state index in [1.807, 2.05) is 0 Å². The highest BCUT2D eigenvalue weighted by Gasteiger charge is 2.42. The Balaban J connectivity index is 2.49. The van der Waals surface area contributed by atoms with E-state index in [4.69, 9.17) is 0 Å². The Hall–Kier alpha value is -0.0400. The lowest BCUT2D eigenvalue weighted by Gasteiger charge is -2.47. The number of hydrogen-bond acceptors (Lipinski definition) is 1. The molecule has 1 aliphatic rings. The van der Waals surface area contributed by atoms with Gasteiger partial charge in [0.25, 0.3) is 0 Å².